The van der Waals surface area contributed by atoms with Crippen molar-refractivity contribution in [1.29, 1.82) is 0 Å². The zero-order valence-electron chi connectivity index (χ0n) is 31.9. The van der Waals surface area contributed by atoms with Gasteiger partial charge in [-0.25, -0.2) is 18.7 Å². The van der Waals surface area contributed by atoms with E-state index in [1.807, 2.05) is 9.80 Å². The number of methoxy groups -OCH3 is 1. The van der Waals surface area contributed by atoms with Crippen LogP contribution < -0.4 is 26.8 Å². The van der Waals surface area contributed by atoms with Crippen LogP contribution in [0.1, 0.15) is 38.5 Å². The van der Waals surface area contributed by atoms with Crippen molar-refractivity contribution in [3.8, 4) is 16.9 Å². The number of benzene rings is 2. The number of β-amino-alcohol motifs (C(OH)–C–C–N with tert-alkyl or cyclic N) is 1. The lowest BCUT2D eigenvalue weighted by Gasteiger charge is -2.44. The number of halogens is 2. The van der Waals surface area contributed by atoms with E-state index >= 15 is 4.39 Å². The predicted molar refractivity (Wildman–Crippen MR) is 212 cm³/mol. The van der Waals surface area contributed by atoms with E-state index in [9.17, 15) is 23.9 Å². The number of nitrogens with two attached hydrogens (primary N) is 1. The number of hydrogen-bond donors (Lipinski definition) is 4. The summed E-state index contributed by atoms with van der Waals surface area (Å²) in [6, 6.07) is 16.6. The third kappa shape index (κ3) is 9.41. The third-order valence-corrected chi connectivity index (χ3v) is 11.4. The van der Waals surface area contributed by atoms with Crippen LogP contribution in [0, 0.1) is 17.6 Å². The second-order valence-electron chi connectivity index (χ2n) is 15.2. The zero-order chi connectivity index (χ0) is 40.1. The van der Waals surface area contributed by atoms with Gasteiger partial charge in [-0.15, -0.1) is 0 Å². The van der Waals surface area contributed by atoms with Gasteiger partial charge in [-0.2, -0.15) is 0 Å². The number of amides is 2. The van der Waals surface area contributed by atoms with Crippen molar-refractivity contribution in [3.63, 3.8) is 0 Å². The second-order valence-corrected chi connectivity index (χ2v) is 15.2. The van der Waals surface area contributed by atoms with Gasteiger partial charge in [0.25, 0.3) is 11.5 Å². The van der Waals surface area contributed by atoms with Crippen molar-refractivity contribution in [2.75, 3.05) is 68.5 Å². The normalized spacial score (nSPS) is 20.5. The van der Waals surface area contributed by atoms with Crippen LogP contribution in [0.5, 0.6) is 0 Å². The molecule has 16 heteroatoms. The van der Waals surface area contributed by atoms with Crippen LogP contribution >= 0.6 is 0 Å². The molecule has 2 amide bonds. The average molecular weight is 786 g/mol. The van der Waals surface area contributed by atoms with Gasteiger partial charge in [-0.1, -0.05) is 18.2 Å². The lowest BCUT2D eigenvalue weighted by Crippen LogP contribution is -2.56. The highest BCUT2D eigenvalue weighted by atomic mass is 19.1. The van der Waals surface area contributed by atoms with Crippen molar-refractivity contribution in [2.24, 2.45) is 11.7 Å². The highest BCUT2D eigenvalue weighted by Crippen LogP contribution is 2.32. The first-order valence-electron chi connectivity index (χ1n) is 19.4. The molecule has 2 aliphatic heterocycles. The van der Waals surface area contributed by atoms with Gasteiger partial charge < -0.3 is 36.0 Å². The van der Waals surface area contributed by atoms with Gasteiger partial charge in [-0.3, -0.25) is 23.9 Å². The van der Waals surface area contributed by atoms with Gasteiger partial charge >= 0.3 is 0 Å². The van der Waals surface area contributed by atoms with Crippen molar-refractivity contribution < 1.29 is 28.2 Å². The Hall–Kier alpha value is -5.45. The molecule has 3 aliphatic rings. The molecule has 2 saturated heterocycles. The van der Waals surface area contributed by atoms with Crippen LogP contribution in [0.4, 0.5) is 26.1 Å². The molecule has 0 bridgehead atoms. The molecule has 1 unspecified atom stereocenters. The maximum atomic E-state index is 15.1. The number of pyridine rings is 1. The number of rotatable bonds is 12. The maximum Gasteiger partial charge on any atom is 0.267 e. The first-order valence-corrected chi connectivity index (χ1v) is 19.4. The Morgan fingerprint density at radius 3 is 2.40 bits per heavy atom. The number of piperazine rings is 1. The van der Waals surface area contributed by atoms with Crippen LogP contribution in [-0.2, 0) is 14.3 Å². The molecule has 14 nitrogen and oxygen atoms in total. The van der Waals surface area contributed by atoms with Crippen molar-refractivity contribution in [2.45, 2.75) is 56.4 Å². The molecule has 5 N–H and O–H groups in total. The molecule has 3 fully saturated rings. The highest BCUT2D eigenvalue weighted by Gasteiger charge is 2.38. The van der Waals surface area contributed by atoms with Crippen molar-refractivity contribution >= 4 is 29.1 Å². The van der Waals surface area contributed by atoms with Crippen LogP contribution in [-0.4, -0.2) is 112 Å². The van der Waals surface area contributed by atoms with Gasteiger partial charge in [0, 0.05) is 94.1 Å². The summed E-state index contributed by atoms with van der Waals surface area (Å²) in [6.07, 6.45) is 5.58. The first kappa shape index (κ1) is 39.8. The van der Waals surface area contributed by atoms with E-state index < -0.39 is 29.4 Å². The fourth-order valence-corrected chi connectivity index (χ4v) is 8.12. The number of anilines is 3. The van der Waals surface area contributed by atoms with Crippen LogP contribution in [0.2, 0.25) is 0 Å². The van der Waals surface area contributed by atoms with E-state index in [1.54, 1.807) is 54.7 Å². The molecule has 57 heavy (non-hydrogen) atoms. The fourth-order valence-electron chi connectivity index (χ4n) is 8.12. The van der Waals surface area contributed by atoms with E-state index in [4.69, 9.17) is 10.5 Å². The monoisotopic (exact) mass is 785 g/mol. The Kier molecular flexibility index (Phi) is 12.1. The number of nitrogens with zero attached hydrogens (tertiary/aromatic N) is 6. The summed E-state index contributed by atoms with van der Waals surface area (Å²) in [5.41, 5.74) is 6.28. The number of carbonyl (C=O) groups excluding carboxylic acids is 2. The quantitative estimate of drug-likeness (QED) is 0.155. The van der Waals surface area contributed by atoms with Crippen LogP contribution in [0.25, 0.3) is 16.9 Å². The van der Waals surface area contributed by atoms with E-state index in [0.717, 1.165) is 19.0 Å². The Morgan fingerprint density at radius 1 is 0.965 bits per heavy atom. The van der Waals surface area contributed by atoms with Gasteiger partial charge in [-0.05, 0) is 74.9 Å². The number of aromatic nitrogens is 3. The minimum atomic E-state index is -1.06. The van der Waals surface area contributed by atoms with E-state index in [1.165, 1.54) is 23.8 Å². The topological polar surface area (TPSA) is 171 Å². The molecular formula is C41H49F2N9O5. The molecule has 2 aromatic heterocycles. The summed E-state index contributed by atoms with van der Waals surface area (Å²) >= 11 is 0. The molecule has 302 valence electrons. The molecule has 0 spiro atoms. The molecule has 7 rings (SSSR count). The molecule has 4 heterocycles. The van der Waals surface area contributed by atoms with Crippen LogP contribution in [0.15, 0.2) is 77.9 Å². The summed E-state index contributed by atoms with van der Waals surface area (Å²) in [4.78, 5) is 52.1. The minimum absolute atomic E-state index is 0.0262. The lowest BCUT2D eigenvalue weighted by molar-refractivity contribution is -0.141. The molecule has 4 aromatic rings. The maximum absolute atomic E-state index is 15.1. The summed E-state index contributed by atoms with van der Waals surface area (Å²) in [5.74, 6) is -1.38. The third-order valence-electron chi connectivity index (χ3n) is 11.4. The highest BCUT2D eigenvalue weighted by molar-refractivity contribution is 5.81. The Bertz CT molecular complexity index is 2110. The summed E-state index contributed by atoms with van der Waals surface area (Å²) < 4.78 is 36.5. The van der Waals surface area contributed by atoms with Crippen molar-refractivity contribution in [3.05, 3.63) is 95.0 Å². The zero-order valence-corrected chi connectivity index (χ0v) is 31.9. The van der Waals surface area contributed by atoms with Gasteiger partial charge in [0.1, 0.15) is 11.5 Å². The average Bonchev–Trinajstić information content (AvgIpc) is 3.21. The SMILES string of the molecule is COC(Nc1ccc(N2CCN(CC3(O)CCN(C(=O)C4CCC(Nc5ncc(F)c(-c6cccc(-n7ccccc7=O)c6)n5)CC4)CC3)CC2)c(F)c1)C(N)=O. The molecule has 1 saturated carbocycles. The summed E-state index contributed by atoms with van der Waals surface area (Å²) in [7, 11) is 1.34. The standard InChI is InChI=1S/C41H49F2N9O5/c1-57-38(37(44)54)46-30-12-13-34(32(42)24-30)50-21-19-49(20-22-50)26-41(56)14-17-51(18-15-41)39(55)27-8-10-29(11-9-27)47-40-45-25-33(43)36(48-40)28-5-4-6-31(23-28)52-16-3-2-7-35(52)53/h2-7,12-13,16,23-25,27,29,38,46,56H,8-11,14-15,17-22,26H2,1H3,(H2,44,54)(H,45,47,48). The van der Waals surface area contributed by atoms with E-state index in [-0.39, 0.29) is 29.1 Å². The first-order chi connectivity index (χ1) is 27.5. The Morgan fingerprint density at radius 2 is 1.72 bits per heavy atom. The van der Waals surface area contributed by atoms with Crippen LogP contribution in [0.3, 0.4) is 0 Å². The van der Waals surface area contributed by atoms with Gasteiger partial charge in [0.2, 0.25) is 18.1 Å². The number of hydrogen-bond acceptors (Lipinski definition) is 11. The fraction of sp³-hybridized carbons (Fsp3) is 0.439. The number of primary amides is 1. The number of nitrogens with one attached hydrogen (secondary N) is 2. The number of aliphatic hydroxyl groups is 1. The lowest BCUT2D eigenvalue weighted by atomic mass is 9.84. The second kappa shape index (κ2) is 17.4. The molecule has 1 atom stereocenters. The smallest absolute Gasteiger partial charge is 0.267 e. The minimum Gasteiger partial charge on any atom is -0.388 e. The number of carbonyl (C=O) groups is 2. The van der Waals surface area contributed by atoms with E-state index in [0.29, 0.717) is 100 Å². The van der Waals surface area contributed by atoms with Gasteiger partial charge in [0.05, 0.1) is 17.5 Å². The van der Waals surface area contributed by atoms with Crippen molar-refractivity contribution in [1.82, 2.24) is 24.3 Å². The van der Waals surface area contributed by atoms with E-state index in [2.05, 4.69) is 25.5 Å². The molecular weight excluding hydrogens is 737 g/mol. The number of ether oxygens (including phenoxy) is 1. The Balaban J connectivity index is 0.856. The molecule has 2 aromatic carbocycles. The van der Waals surface area contributed by atoms with Gasteiger partial charge in [0.15, 0.2) is 5.82 Å². The number of piperidine rings is 1. The molecule has 0 radical (unpaired) electrons. The number of likely N-dealkylation sites (tertiary alicyclic amines) is 1. The summed E-state index contributed by atoms with van der Waals surface area (Å²) in [5, 5.41) is 17.6. The largest absolute Gasteiger partial charge is 0.388 e. The Labute approximate surface area is 329 Å². The predicted octanol–water partition coefficient (Wildman–Crippen LogP) is 3.59. The molecule has 1 aliphatic carbocycles. The summed E-state index contributed by atoms with van der Waals surface area (Å²) in [6.45, 7) is 3.96.